The van der Waals surface area contributed by atoms with Crippen LogP contribution in [0.2, 0.25) is 0 Å². The highest BCUT2D eigenvalue weighted by Gasteiger charge is 2.23. The molecule has 31 heavy (non-hydrogen) atoms. The van der Waals surface area contributed by atoms with Crippen LogP contribution in [0.1, 0.15) is 37.4 Å². The summed E-state index contributed by atoms with van der Waals surface area (Å²) in [7, 11) is 2.02. The van der Waals surface area contributed by atoms with Crippen LogP contribution >= 0.6 is 0 Å². The van der Waals surface area contributed by atoms with Crippen molar-refractivity contribution in [3.63, 3.8) is 0 Å². The van der Waals surface area contributed by atoms with E-state index in [1.54, 1.807) is 19.4 Å². The molecule has 0 bridgehead atoms. The van der Waals surface area contributed by atoms with Crippen LogP contribution in [-0.2, 0) is 0 Å². The topological polar surface area (TPSA) is 44.6 Å². The summed E-state index contributed by atoms with van der Waals surface area (Å²) in [5.41, 5.74) is 3.79. The second-order valence-corrected chi connectivity index (χ2v) is 7.57. The molecule has 1 fully saturated rings. The Bertz CT molecular complexity index is 988. The maximum absolute atomic E-state index is 12.5. The summed E-state index contributed by atoms with van der Waals surface area (Å²) < 4.78 is 25.0. The van der Waals surface area contributed by atoms with E-state index >= 15 is 0 Å². The van der Waals surface area contributed by atoms with E-state index in [-0.39, 0.29) is 0 Å². The van der Waals surface area contributed by atoms with E-state index in [4.69, 9.17) is 4.99 Å². The Morgan fingerprint density at radius 2 is 1.74 bits per heavy atom. The molecule has 0 atom stereocenters. The van der Waals surface area contributed by atoms with Gasteiger partial charge in [0.25, 0.3) is 0 Å². The number of guanidine groups is 1. The second kappa shape index (κ2) is 10.1. The number of nitrogens with zero attached hydrogens (tertiary/aromatic N) is 5. The van der Waals surface area contributed by atoms with Gasteiger partial charge in [0.15, 0.2) is 0 Å². The van der Waals surface area contributed by atoms with Crippen LogP contribution in [0.5, 0.6) is 0 Å². The average molecular weight is 424 g/mol. The number of halogens is 2. The molecule has 1 saturated heterocycles. The van der Waals surface area contributed by atoms with Gasteiger partial charge in [0.1, 0.15) is 18.0 Å². The molecule has 0 N–H and O–H groups in total. The zero-order valence-electron chi connectivity index (χ0n) is 18.0. The third-order valence-electron chi connectivity index (χ3n) is 5.09. The number of rotatable bonds is 2. The van der Waals surface area contributed by atoms with Crippen LogP contribution in [0.25, 0.3) is 11.3 Å². The van der Waals surface area contributed by atoms with Gasteiger partial charge in [-0.05, 0) is 56.0 Å². The molecule has 0 radical (unpaired) electrons. The quantitative estimate of drug-likeness (QED) is 0.673. The molecule has 1 aromatic heterocycles. The minimum absolute atomic E-state index is 0.502. The van der Waals surface area contributed by atoms with E-state index in [0.717, 1.165) is 42.2 Å². The van der Waals surface area contributed by atoms with Gasteiger partial charge in [0, 0.05) is 38.1 Å². The Balaban J connectivity index is 0.000000210. The van der Waals surface area contributed by atoms with Gasteiger partial charge in [-0.2, -0.15) is 0 Å². The van der Waals surface area contributed by atoms with Crippen molar-refractivity contribution in [2.75, 3.05) is 20.1 Å². The molecule has 162 valence electrons. The Kier molecular flexibility index (Phi) is 7.28. The number of likely N-dealkylation sites (N-methyl/N-ethyl adjacent to an activating group) is 1. The van der Waals surface area contributed by atoms with Crippen LogP contribution < -0.4 is 0 Å². The van der Waals surface area contributed by atoms with Crippen LogP contribution in [0.4, 0.5) is 8.78 Å². The van der Waals surface area contributed by atoms with Crippen LogP contribution in [-0.4, -0.2) is 45.9 Å². The molecule has 2 aliphatic rings. The molecule has 7 heteroatoms. The summed E-state index contributed by atoms with van der Waals surface area (Å²) in [5.74, 6) is -0.156. The van der Waals surface area contributed by atoms with E-state index in [9.17, 15) is 8.78 Å². The number of aromatic nitrogens is 2. The average Bonchev–Trinajstić information content (AvgIpc) is 2.76. The van der Waals surface area contributed by atoms with Crippen molar-refractivity contribution in [3.8, 4) is 0 Å². The fourth-order valence-electron chi connectivity index (χ4n) is 3.35. The first-order valence-corrected chi connectivity index (χ1v) is 10.2. The van der Waals surface area contributed by atoms with Crippen molar-refractivity contribution in [1.29, 1.82) is 0 Å². The minimum Gasteiger partial charge on any atom is -0.342 e. The fourth-order valence-corrected chi connectivity index (χ4v) is 3.35. The third kappa shape index (κ3) is 5.84. The Labute approximate surface area is 182 Å². The Morgan fingerprint density at radius 3 is 2.32 bits per heavy atom. The van der Waals surface area contributed by atoms with Gasteiger partial charge in [0.2, 0.25) is 5.96 Å². The predicted molar refractivity (Wildman–Crippen MR) is 121 cm³/mol. The van der Waals surface area contributed by atoms with E-state index < -0.39 is 11.6 Å². The smallest absolute Gasteiger partial charge is 0.206 e. The molecule has 2 aliphatic heterocycles. The number of benzene rings is 1. The number of piperidine rings is 1. The first-order chi connectivity index (χ1) is 14.8. The normalized spacial score (nSPS) is 16.2. The third-order valence-corrected chi connectivity index (χ3v) is 5.09. The molecular formula is C24H27F2N5. The van der Waals surface area contributed by atoms with E-state index in [1.165, 1.54) is 31.4 Å². The molecular weight excluding hydrogens is 396 g/mol. The second-order valence-electron chi connectivity index (χ2n) is 7.57. The summed E-state index contributed by atoms with van der Waals surface area (Å²) >= 11 is 0. The van der Waals surface area contributed by atoms with Gasteiger partial charge >= 0.3 is 0 Å². The van der Waals surface area contributed by atoms with Crippen molar-refractivity contribution in [2.24, 2.45) is 4.99 Å². The van der Waals surface area contributed by atoms with E-state index in [0.29, 0.717) is 11.1 Å². The monoisotopic (exact) mass is 423 g/mol. The lowest BCUT2D eigenvalue weighted by molar-refractivity contribution is 0.311. The molecule has 0 unspecified atom stereocenters. The maximum Gasteiger partial charge on any atom is 0.206 e. The number of likely N-dealkylation sites (tertiary alicyclic amines) is 1. The highest BCUT2D eigenvalue weighted by Crippen LogP contribution is 2.24. The molecule has 4 rings (SSSR count). The summed E-state index contributed by atoms with van der Waals surface area (Å²) in [6.07, 6.45) is 9.02. The maximum atomic E-state index is 12.5. The molecule has 0 amide bonds. The Hall–Kier alpha value is -3.35. The zero-order valence-corrected chi connectivity index (χ0v) is 18.0. The zero-order chi connectivity index (χ0) is 22.4. The number of hydrogen-bond acceptors (Lipinski definition) is 5. The molecule has 3 heterocycles. The van der Waals surface area contributed by atoms with Crippen molar-refractivity contribution >= 4 is 17.2 Å². The molecule has 0 saturated carbocycles. The fraction of sp³-hybridized carbons (Fsp3) is 0.292. The Morgan fingerprint density at radius 1 is 1.06 bits per heavy atom. The van der Waals surface area contributed by atoms with Crippen LogP contribution in [0, 0.1) is 11.6 Å². The first kappa shape index (κ1) is 22.3. The van der Waals surface area contributed by atoms with E-state index in [2.05, 4.69) is 32.9 Å². The lowest BCUT2D eigenvalue weighted by Crippen LogP contribution is -2.45. The SMILES string of the molecule is C=C(C)c1cc(F)cc(F)c1.C=C1C=C(c2ccncn2)N=C(N2CCCCC2)N1C. The number of hydrogen-bond donors (Lipinski definition) is 0. The molecule has 2 aromatic rings. The minimum atomic E-state index is -0.567. The van der Waals surface area contributed by atoms with Crippen molar-refractivity contribution in [2.45, 2.75) is 26.2 Å². The highest BCUT2D eigenvalue weighted by molar-refractivity contribution is 5.90. The van der Waals surface area contributed by atoms with Crippen molar-refractivity contribution in [3.05, 3.63) is 84.6 Å². The van der Waals surface area contributed by atoms with Gasteiger partial charge in [0.05, 0.1) is 11.4 Å². The highest BCUT2D eigenvalue weighted by atomic mass is 19.1. The van der Waals surface area contributed by atoms with Gasteiger partial charge in [-0.3, -0.25) is 0 Å². The standard InChI is InChI=1S/C15H19N5.C9H8F2/c1-12-10-14(13-6-7-16-11-17-13)18-15(19(12)2)20-8-4-3-5-9-20;1-6(2)7-3-8(10)5-9(11)4-7/h6-7,10-11H,1,3-5,8-9H2,2H3;3-5H,1H2,2H3. The van der Waals surface area contributed by atoms with Crippen molar-refractivity contribution < 1.29 is 8.78 Å². The number of aliphatic imine (C=N–C) groups is 1. The summed E-state index contributed by atoms with van der Waals surface area (Å²) in [5, 5.41) is 0. The van der Waals surface area contributed by atoms with Gasteiger partial charge < -0.3 is 9.80 Å². The molecule has 0 spiro atoms. The molecule has 0 aliphatic carbocycles. The summed E-state index contributed by atoms with van der Waals surface area (Å²) in [6.45, 7) is 11.5. The lowest BCUT2D eigenvalue weighted by Gasteiger charge is -2.36. The molecule has 1 aromatic carbocycles. The van der Waals surface area contributed by atoms with Crippen molar-refractivity contribution in [1.82, 2.24) is 19.8 Å². The lowest BCUT2D eigenvalue weighted by atomic mass is 10.1. The summed E-state index contributed by atoms with van der Waals surface area (Å²) in [4.78, 5) is 17.4. The van der Waals surface area contributed by atoms with Gasteiger partial charge in [-0.15, -0.1) is 0 Å². The predicted octanol–water partition coefficient (Wildman–Crippen LogP) is 5.12. The van der Waals surface area contributed by atoms with Crippen LogP contribution in [0.15, 0.2) is 66.7 Å². The molecule has 5 nitrogen and oxygen atoms in total. The largest absolute Gasteiger partial charge is 0.342 e. The first-order valence-electron chi connectivity index (χ1n) is 10.2. The van der Waals surface area contributed by atoms with E-state index in [1.807, 2.05) is 19.2 Å². The van der Waals surface area contributed by atoms with Gasteiger partial charge in [-0.25, -0.2) is 23.7 Å². The summed E-state index contributed by atoms with van der Waals surface area (Å²) in [6, 6.07) is 5.23. The number of allylic oxidation sites excluding steroid dienone is 2. The van der Waals surface area contributed by atoms with Gasteiger partial charge in [-0.1, -0.05) is 18.7 Å². The van der Waals surface area contributed by atoms with Crippen LogP contribution in [0.3, 0.4) is 0 Å².